The summed E-state index contributed by atoms with van der Waals surface area (Å²) in [4.78, 5) is 0. The Balaban J connectivity index is 1.60. The van der Waals surface area contributed by atoms with Crippen LogP contribution in [0.5, 0.6) is 5.75 Å². The van der Waals surface area contributed by atoms with Crippen molar-refractivity contribution < 1.29 is 17.9 Å². The van der Waals surface area contributed by atoms with Crippen LogP contribution in [0.2, 0.25) is 0 Å². The summed E-state index contributed by atoms with van der Waals surface area (Å²) in [6.45, 7) is -1.29. The van der Waals surface area contributed by atoms with Gasteiger partial charge < -0.3 is 4.74 Å². The molecule has 0 saturated carbocycles. The van der Waals surface area contributed by atoms with Crippen molar-refractivity contribution in [2.75, 3.05) is 6.61 Å². The molecule has 136 valence electrons. The first-order valence-corrected chi connectivity index (χ1v) is 9.69. The van der Waals surface area contributed by atoms with E-state index in [0.717, 1.165) is 15.6 Å². The maximum atomic E-state index is 12.1. The van der Waals surface area contributed by atoms with Crippen molar-refractivity contribution in [3.05, 3.63) is 64.1 Å². The number of hydrogen-bond donors (Lipinski definition) is 0. The van der Waals surface area contributed by atoms with Gasteiger partial charge in [0.2, 0.25) is 0 Å². The minimum absolute atomic E-state index is 0.195. The Kier molecular flexibility index (Phi) is 6.00. The van der Waals surface area contributed by atoms with E-state index >= 15 is 0 Å². The monoisotopic (exact) mass is 414 g/mol. The van der Waals surface area contributed by atoms with Gasteiger partial charge >= 0.3 is 6.18 Å². The molecule has 3 nitrogen and oxygen atoms in total. The maximum absolute atomic E-state index is 12.1. The van der Waals surface area contributed by atoms with E-state index < -0.39 is 12.8 Å². The highest BCUT2D eigenvalue weighted by molar-refractivity contribution is 8.00. The molecule has 0 atom stereocenters. The van der Waals surface area contributed by atoms with Crippen molar-refractivity contribution in [2.45, 2.75) is 16.3 Å². The number of rotatable bonds is 6. The normalized spacial score (nSPS) is 11.5. The van der Waals surface area contributed by atoms with Gasteiger partial charge in [-0.2, -0.15) is 13.2 Å². The fraction of sp³-hybridized carbons (Fsp3) is 0.176. The Morgan fingerprint density at radius 1 is 1.08 bits per heavy atom. The van der Waals surface area contributed by atoms with Gasteiger partial charge in [-0.05, 0) is 42.0 Å². The van der Waals surface area contributed by atoms with Gasteiger partial charge in [0.25, 0.3) is 0 Å². The second kappa shape index (κ2) is 8.24. The van der Waals surface area contributed by atoms with Crippen LogP contribution in [-0.4, -0.2) is 22.6 Å². The van der Waals surface area contributed by atoms with Crippen molar-refractivity contribution in [2.24, 2.45) is 0 Å². The predicted molar refractivity (Wildman–Crippen MR) is 99.8 cm³/mol. The highest BCUT2D eigenvalue weighted by atomic mass is 32.2. The van der Waals surface area contributed by atoms with Gasteiger partial charge in [0.05, 0.1) is 5.69 Å². The van der Waals surface area contributed by atoms with Crippen LogP contribution in [-0.2, 0) is 5.75 Å². The third kappa shape index (κ3) is 5.33. The first-order chi connectivity index (χ1) is 12.4. The molecule has 0 fully saturated rings. The molecule has 0 bridgehead atoms. The zero-order valence-corrected chi connectivity index (χ0v) is 15.7. The fourth-order valence-electron chi connectivity index (χ4n) is 2.04. The molecule has 3 aromatic rings. The second-order valence-corrected chi connectivity index (χ2v) is 8.06. The van der Waals surface area contributed by atoms with Gasteiger partial charge in [0.15, 0.2) is 14.9 Å². The van der Waals surface area contributed by atoms with Crippen molar-refractivity contribution >= 4 is 35.3 Å². The van der Waals surface area contributed by atoms with Gasteiger partial charge in [0, 0.05) is 5.75 Å². The van der Waals surface area contributed by atoms with Gasteiger partial charge in [-0.25, -0.2) is 4.68 Å². The Hall–Kier alpha value is -1.84. The molecule has 1 heterocycles. The van der Waals surface area contributed by atoms with Crippen molar-refractivity contribution in [3.63, 3.8) is 0 Å². The smallest absolute Gasteiger partial charge is 0.422 e. The van der Waals surface area contributed by atoms with Crippen LogP contribution in [0.4, 0.5) is 13.2 Å². The van der Waals surface area contributed by atoms with Crippen LogP contribution in [0.25, 0.3) is 5.69 Å². The number of halogens is 3. The molecule has 3 rings (SSSR count). The lowest BCUT2D eigenvalue weighted by Crippen LogP contribution is -2.19. The Bertz CT molecular complexity index is 905. The zero-order chi connectivity index (χ0) is 18.6. The number of aromatic nitrogens is 2. The molecule has 9 heteroatoms. The van der Waals surface area contributed by atoms with E-state index in [-0.39, 0.29) is 5.75 Å². The largest absolute Gasteiger partial charge is 0.484 e. The first kappa shape index (κ1) is 18.9. The molecule has 1 aromatic heterocycles. The highest BCUT2D eigenvalue weighted by Gasteiger charge is 2.28. The van der Waals surface area contributed by atoms with Crippen LogP contribution in [0, 0.1) is 3.95 Å². The van der Waals surface area contributed by atoms with Crippen molar-refractivity contribution in [3.8, 4) is 11.4 Å². The minimum Gasteiger partial charge on any atom is -0.484 e. The Morgan fingerprint density at radius 3 is 2.42 bits per heavy atom. The third-order valence-electron chi connectivity index (χ3n) is 3.22. The summed E-state index contributed by atoms with van der Waals surface area (Å²) < 4.78 is 44.3. The van der Waals surface area contributed by atoms with Crippen molar-refractivity contribution in [1.82, 2.24) is 9.78 Å². The van der Waals surface area contributed by atoms with Gasteiger partial charge in [0.1, 0.15) is 5.75 Å². The van der Waals surface area contributed by atoms with Crippen LogP contribution >= 0.6 is 35.3 Å². The summed E-state index contributed by atoms with van der Waals surface area (Å²) >= 11 is 8.31. The van der Waals surface area contributed by atoms with Gasteiger partial charge in [-0.1, -0.05) is 53.4 Å². The third-order valence-corrected chi connectivity index (χ3v) is 5.65. The first-order valence-electron chi connectivity index (χ1n) is 7.47. The summed E-state index contributed by atoms with van der Waals surface area (Å²) in [6.07, 6.45) is -4.34. The average molecular weight is 414 g/mol. The molecule has 2 aromatic carbocycles. The average Bonchev–Trinajstić information content (AvgIpc) is 3.00. The summed E-state index contributed by atoms with van der Waals surface area (Å²) in [6, 6.07) is 16.2. The van der Waals surface area contributed by atoms with Crippen LogP contribution in [0.3, 0.4) is 0 Å². The number of hydrogen-bond acceptors (Lipinski definition) is 5. The topological polar surface area (TPSA) is 27.1 Å². The predicted octanol–water partition coefficient (Wildman–Crippen LogP) is 5.90. The maximum Gasteiger partial charge on any atom is 0.422 e. The molecular formula is C17H13F3N2OS3. The summed E-state index contributed by atoms with van der Waals surface area (Å²) in [5.74, 6) is 0.830. The molecular weight excluding hydrogens is 401 g/mol. The molecule has 0 aliphatic carbocycles. The molecule has 0 amide bonds. The minimum atomic E-state index is -4.34. The summed E-state index contributed by atoms with van der Waals surface area (Å²) in [5, 5.41) is 4.51. The number of thioether (sulfide) groups is 1. The lowest BCUT2D eigenvalue weighted by molar-refractivity contribution is -0.153. The zero-order valence-electron chi connectivity index (χ0n) is 13.3. The molecule has 0 radical (unpaired) electrons. The van der Waals surface area contributed by atoms with E-state index in [9.17, 15) is 13.2 Å². The summed E-state index contributed by atoms with van der Waals surface area (Å²) in [5.41, 5.74) is 1.87. The van der Waals surface area contributed by atoms with Crippen LogP contribution in [0.1, 0.15) is 5.56 Å². The molecule has 26 heavy (non-hydrogen) atoms. The van der Waals surface area contributed by atoms with Gasteiger partial charge in [-0.15, -0.1) is 5.10 Å². The molecule has 0 N–H and O–H groups in total. The lowest BCUT2D eigenvalue weighted by Gasteiger charge is -2.09. The van der Waals surface area contributed by atoms with E-state index in [0.29, 0.717) is 9.71 Å². The van der Waals surface area contributed by atoms with E-state index in [4.69, 9.17) is 17.0 Å². The molecule has 0 aliphatic rings. The second-order valence-electron chi connectivity index (χ2n) is 5.22. The number of ether oxygens (including phenoxy) is 1. The van der Waals surface area contributed by atoms with E-state index in [2.05, 4.69) is 5.10 Å². The van der Waals surface area contributed by atoms with E-state index in [1.165, 1.54) is 35.2 Å². The number of benzene rings is 2. The number of para-hydroxylation sites is 1. The number of alkyl halides is 3. The van der Waals surface area contributed by atoms with Gasteiger partial charge in [-0.3, -0.25) is 0 Å². The standard InChI is InChI=1S/C17H13F3N2OS3/c18-17(19,20)11-23-14-8-6-12(7-9-14)10-25-15-21-22(16(24)26-15)13-4-2-1-3-5-13/h1-9H,10-11H2. The fourth-order valence-corrected chi connectivity index (χ4v) is 4.36. The molecule has 0 unspecified atom stereocenters. The van der Waals surface area contributed by atoms with E-state index in [1.54, 1.807) is 16.8 Å². The SMILES string of the molecule is FC(F)(F)COc1ccc(CSc2nn(-c3ccccc3)c(=S)s2)cc1. The number of nitrogens with zero attached hydrogens (tertiary/aromatic N) is 2. The quantitative estimate of drug-likeness (QED) is 0.371. The molecule has 0 saturated heterocycles. The molecule has 0 aliphatic heterocycles. The van der Waals surface area contributed by atoms with Crippen molar-refractivity contribution in [1.29, 1.82) is 0 Å². The van der Waals surface area contributed by atoms with Crippen LogP contribution < -0.4 is 4.74 Å². The highest BCUT2D eigenvalue weighted by Crippen LogP contribution is 2.28. The van der Waals surface area contributed by atoms with E-state index in [1.807, 2.05) is 30.3 Å². The summed E-state index contributed by atoms with van der Waals surface area (Å²) in [7, 11) is 0. The Labute approximate surface area is 161 Å². The van der Waals surface area contributed by atoms with Crippen LogP contribution in [0.15, 0.2) is 58.9 Å². The Morgan fingerprint density at radius 2 is 1.77 bits per heavy atom. The lowest BCUT2D eigenvalue weighted by atomic mass is 10.2. The molecule has 0 spiro atoms.